The number of carbonyl (C=O) groups is 4. The summed E-state index contributed by atoms with van der Waals surface area (Å²) in [5.41, 5.74) is -1.14. The van der Waals surface area contributed by atoms with Gasteiger partial charge in [0.05, 0.1) is 38.1 Å². The number of fused-ring (bicyclic) bond motifs is 6. The summed E-state index contributed by atoms with van der Waals surface area (Å²) in [7, 11) is 1.30. The summed E-state index contributed by atoms with van der Waals surface area (Å²) >= 11 is 0. The zero-order valence-electron chi connectivity index (χ0n) is 22.7. The second-order valence-electron chi connectivity index (χ2n) is 12.5. The fraction of sp³-hybridized carbons (Fsp3) is 0.655. The molecule has 0 radical (unpaired) electrons. The lowest BCUT2D eigenvalue weighted by Gasteiger charge is -2.64. The standard InChI is InChI=1S/C29H36O9/c1-14(30)37-19-12-28(4)18(10-22(32)38-26(28)15-7-8-36-13-15)16-9-17-24(33)27(2,3)20(11-21(31)35-6)29(5,23(16)19)25(17)34/h7-9,13,17-20,23-24,26,33H,10-12H2,1-6H3/t17-,18-,19+,20-,23+,24+,26-,28+,29?/m0/s1. The highest BCUT2D eigenvalue weighted by atomic mass is 16.6. The maximum atomic E-state index is 14.1. The number of ether oxygens (including phenoxy) is 3. The summed E-state index contributed by atoms with van der Waals surface area (Å²) in [6.07, 6.45) is 2.83. The van der Waals surface area contributed by atoms with Gasteiger partial charge in [-0.25, -0.2) is 0 Å². The van der Waals surface area contributed by atoms with Crippen LogP contribution in [0.1, 0.15) is 65.5 Å². The van der Waals surface area contributed by atoms with Crippen LogP contribution in [0.3, 0.4) is 0 Å². The predicted octanol–water partition coefficient (Wildman–Crippen LogP) is 3.55. The van der Waals surface area contributed by atoms with Crippen molar-refractivity contribution < 1.29 is 42.9 Å². The molecule has 2 saturated carbocycles. The van der Waals surface area contributed by atoms with E-state index in [0.29, 0.717) is 12.0 Å². The monoisotopic (exact) mass is 528 g/mol. The minimum atomic E-state index is -1.15. The van der Waals surface area contributed by atoms with Crippen LogP contribution in [-0.4, -0.2) is 48.1 Å². The van der Waals surface area contributed by atoms with E-state index in [2.05, 4.69) is 0 Å². The molecule has 1 aromatic rings. The van der Waals surface area contributed by atoms with Gasteiger partial charge in [0.15, 0.2) is 0 Å². The quantitative estimate of drug-likeness (QED) is 0.354. The Morgan fingerprint density at radius 1 is 1.18 bits per heavy atom. The van der Waals surface area contributed by atoms with Crippen molar-refractivity contribution in [1.29, 1.82) is 0 Å². The lowest BCUT2D eigenvalue weighted by atomic mass is 9.40. The highest BCUT2D eigenvalue weighted by Crippen LogP contribution is 2.68. The highest BCUT2D eigenvalue weighted by molar-refractivity contribution is 5.93. The molecular formula is C29H36O9. The summed E-state index contributed by atoms with van der Waals surface area (Å²) in [5.74, 6) is -3.85. The molecule has 1 N–H and O–H groups in total. The van der Waals surface area contributed by atoms with Crippen molar-refractivity contribution in [3.05, 3.63) is 35.8 Å². The minimum absolute atomic E-state index is 0.0757. The van der Waals surface area contributed by atoms with Gasteiger partial charge in [0.2, 0.25) is 0 Å². The van der Waals surface area contributed by atoms with Gasteiger partial charge in [-0.15, -0.1) is 0 Å². The topological polar surface area (TPSA) is 129 Å². The van der Waals surface area contributed by atoms with Crippen molar-refractivity contribution in [1.82, 2.24) is 0 Å². The average molecular weight is 529 g/mol. The summed E-state index contributed by atoms with van der Waals surface area (Å²) in [4.78, 5) is 52.1. The molecule has 9 atom stereocenters. The molecule has 9 heteroatoms. The van der Waals surface area contributed by atoms with Crippen molar-refractivity contribution in [2.75, 3.05) is 7.11 Å². The number of ketones is 1. The SMILES string of the molecule is COC(=O)C[C@H]1C(C)(C)[C@H](O)[C@@H]2C=C3[C@H]([C@H](OC(C)=O)C[C@]4(C)[C@H]3CC(=O)O[C@H]4c3ccoc3)C1(C)C2=O. The molecule has 3 fully saturated rings. The van der Waals surface area contributed by atoms with Gasteiger partial charge < -0.3 is 23.7 Å². The summed E-state index contributed by atoms with van der Waals surface area (Å²) in [6.45, 7) is 8.90. The van der Waals surface area contributed by atoms with Crippen LogP contribution in [0.15, 0.2) is 34.7 Å². The fourth-order valence-corrected chi connectivity index (χ4v) is 8.36. The Labute approximate surface area is 221 Å². The maximum Gasteiger partial charge on any atom is 0.307 e. The number of carbonyl (C=O) groups excluding carboxylic acids is 4. The number of Topliss-reactive ketones (excluding diaryl/α,β-unsaturated/α-hetero) is 1. The Balaban J connectivity index is 1.72. The van der Waals surface area contributed by atoms with Gasteiger partial charge in [0.25, 0.3) is 0 Å². The van der Waals surface area contributed by atoms with Crippen molar-refractivity contribution in [2.24, 2.45) is 39.9 Å². The molecule has 1 saturated heterocycles. The predicted molar refractivity (Wildman–Crippen MR) is 132 cm³/mol. The van der Waals surface area contributed by atoms with E-state index in [1.807, 2.05) is 33.8 Å². The van der Waals surface area contributed by atoms with E-state index in [-0.39, 0.29) is 30.5 Å². The van der Waals surface area contributed by atoms with E-state index < -0.39 is 64.2 Å². The first-order valence-corrected chi connectivity index (χ1v) is 13.2. The van der Waals surface area contributed by atoms with E-state index in [9.17, 15) is 24.3 Å². The van der Waals surface area contributed by atoms with E-state index >= 15 is 0 Å². The number of cyclic esters (lactones) is 1. The smallest absolute Gasteiger partial charge is 0.307 e. The molecule has 1 aliphatic heterocycles. The Hall–Kier alpha value is -2.94. The molecule has 0 amide bonds. The van der Waals surface area contributed by atoms with E-state index in [1.54, 1.807) is 12.3 Å². The lowest BCUT2D eigenvalue weighted by Crippen LogP contribution is -2.68. The van der Waals surface area contributed by atoms with Crippen LogP contribution in [-0.2, 0) is 33.4 Å². The van der Waals surface area contributed by atoms with Gasteiger partial charge in [0.1, 0.15) is 18.0 Å². The zero-order chi connectivity index (χ0) is 27.8. The van der Waals surface area contributed by atoms with Gasteiger partial charge in [-0.05, 0) is 23.8 Å². The first-order valence-electron chi connectivity index (χ1n) is 13.2. The third kappa shape index (κ3) is 3.61. The largest absolute Gasteiger partial charge is 0.472 e. The summed E-state index contributed by atoms with van der Waals surface area (Å²) < 4.78 is 22.1. The zero-order valence-corrected chi connectivity index (χ0v) is 22.7. The number of hydrogen-bond acceptors (Lipinski definition) is 9. The summed E-state index contributed by atoms with van der Waals surface area (Å²) in [5, 5.41) is 11.5. The van der Waals surface area contributed by atoms with Gasteiger partial charge in [-0.2, -0.15) is 0 Å². The van der Waals surface area contributed by atoms with Crippen LogP contribution in [0, 0.1) is 39.9 Å². The minimum Gasteiger partial charge on any atom is -0.472 e. The first kappa shape index (κ1) is 26.7. The number of esters is 3. The molecule has 2 bridgehead atoms. The molecular weight excluding hydrogens is 492 g/mol. The third-order valence-corrected chi connectivity index (χ3v) is 10.1. The van der Waals surface area contributed by atoms with Crippen LogP contribution in [0.5, 0.6) is 0 Å². The van der Waals surface area contributed by atoms with Gasteiger partial charge in [-0.3, -0.25) is 19.2 Å². The molecule has 0 aromatic carbocycles. The van der Waals surface area contributed by atoms with Gasteiger partial charge in [0, 0.05) is 41.6 Å². The number of aliphatic hydroxyl groups is 1. The van der Waals surface area contributed by atoms with Crippen molar-refractivity contribution in [3.8, 4) is 0 Å². The Morgan fingerprint density at radius 2 is 1.89 bits per heavy atom. The number of aliphatic hydroxyl groups excluding tert-OH is 1. The van der Waals surface area contributed by atoms with E-state index in [1.165, 1.54) is 20.3 Å². The van der Waals surface area contributed by atoms with Crippen LogP contribution in [0.25, 0.3) is 0 Å². The van der Waals surface area contributed by atoms with E-state index in [0.717, 1.165) is 5.57 Å². The number of furan rings is 1. The van der Waals surface area contributed by atoms with Gasteiger partial charge in [-0.1, -0.05) is 39.3 Å². The second-order valence-corrected chi connectivity index (χ2v) is 12.5. The second kappa shape index (κ2) is 8.79. The van der Waals surface area contributed by atoms with Crippen LogP contribution in [0.2, 0.25) is 0 Å². The van der Waals surface area contributed by atoms with Crippen molar-refractivity contribution in [2.45, 2.75) is 72.2 Å². The molecule has 0 spiro atoms. The molecule has 4 aliphatic rings. The van der Waals surface area contributed by atoms with Crippen molar-refractivity contribution >= 4 is 23.7 Å². The van der Waals surface area contributed by atoms with Crippen molar-refractivity contribution in [3.63, 3.8) is 0 Å². The number of hydrogen-bond donors (Lipinski definition) is 1. The normalized spacial score (nSPS) is 41.2. The highest BCUT2D eigenvalue weighted by Gasteiger charge is 2.70. The number of methoxy groups -OCH3 is 1. The Morgan fingerprint density at radius 3 is 2.50 bits per heavy atom. The van der Waals surface area contributed by atoms with Gasteiger partial charge >= 0.3 is 17.9 Å². The molecule has 206 valence electrons. The lowest BCUT2D eigenvalue weighted by molar-refractivity contribution is -0.207. The molecule has 5 rings (SSSR count). The Kier molecular flexibility index (Phi) is 6.17. The van der Waals surface area contributed by atoms with Crippen LogP contribution >= 0.6 is 0 Å². The third-order valence-electron chi connectivity index (χ3n) is 10.1. The molecule has 2 heterocycles. The first-order chi connectivity index (χ1) is 17.8. The fourth-order valence-electron chi connectivity index (χ4n) is 8.36. The summed E-state index contributed by atoms with van der Waals surface area (Å²) in [6, 6.07) is 1.76. The molecule has 1 unspecified atom stereocenters. The molecule has 9 nitrogen and oxygen atoms in total. The maximum absolute atomic E-state index is 14.1. The van der Waals surface area contributed by atoms with E-state index in [4.69, 9.17) is 18.6 Å². The van der Waals surface area contributed by atoms with Crippen LogP contribution < -0.4 is 0 Å². The Bertz CT molecular complexity index is 1200. The molecule has 1 aromatic heterocycles. The number of rotatable bonds is 4. The van der Waals surface area contributed by atoms with Crippen LogP contribution in [0.4, 0.5) is 0 Å². The average Bonchev–Trinajstić information content (AvgIpc) is 3.37. The molecule has 3 aliphatic carbocycles. The molecule has 38 heavy (non-hydrogen) atoms.